The molecule has 128 valence electrons. The molecule has 1 atom stereocenters. The number of halogens is 3. The van der Waals surface area contributed by atoms with E-state index in [0.29, 0.717) is 30.6 Å². The topological polar surface area (TPSA) is 39.9 Å². The van der Waals surface area contributed by atoms with Gasteiger partial charge in [0, 0.05) is 25.6 Å². The Morgan fingerprint density at radius 2 is 2.04 bits per heavy atom. The molecule has 2 aromatic rings. The molecule has 1 aliphatic carbocycles. The van der Waals surface area contributed by atoms with Crippen molar-refractivity contribution in [1.29, 1.82) is 0 Å². The number of rotatable bonds is 4. The van der Waals surface area contributed by atoms with Crippen LogP contribution >= 0.6 is 0 Å². The molecule has 0 spiro atoms. The van der Waals surface area contributed by atoms with Crippen molar-refractivity contribution in [3.63, 3.8) is 0 Å². The largest absolute Gasteiger partial charge is 0.416 e. The van der Waals surface area contributed by atoms with Gasteiger partial charge in [-0.15, -0.1) is 0 Å². The van der Waals surface area contributed by atoms with Gasteiger partial charge in [0.15, 0.2) is 5.82 Å². The van der Waals surface area contributed by atoms with E-state index in [2.05, 4.69) is 10.1 Å². The predicted octanol–water partition coefficient (Wildman–Crippen LogP) is 3.74. The van der Waals surface area contributed by atoms with Crippen LogP contribution in [0.5, 0.6) is 0 Å². The number of alkyl halides is 3. The summed E-state index contributed by atoms with van der Waals surface area (Å²) in [5.74, 6) is 2.19. The van der Waals surface area contributed by atoms with Crippen LogP contribution in [0.25, 0.3) is 5.69 Å². The first-order chi connectivity index (χ1) is 11.5. The summed E-state index contributed by atoms with van der Waals surface area (Å²) >= 11 is 0. The summed E-state index contributed by atoms with van der Waals surface area (Å²) in [4.78, 5) is 4.62. The lowest BCUT2D eigenvalue weighted by molar-refractivity contribution is -0.137. The molecule has 1 saturated carbocycles. The van der Waals surface area contributed by atoms with Crippen LogP contribution in [0.1, 0.15) is 42.4 Å². The molecule has 0 radical (unpaired) electrons. The lowest BCUT2D eigenvalue weighted by atomic mass is 10.0. The molecule has 1 aromatic heterocycles. The summed E-state index contributed by atoms with van der Waals surface area (Å²) in [5.41, 5.74) is -0.253. The maximum absolute atomic E-state index is 13.0. The molecule has 7 heteroatoms. The fourth-order valence-corrected chi connectivity index (χ4v) is 3.03. The first-order valence-electron chi connectivity index (χ1n) is 8.22. The smallest absolute Gasteiger partial charge is 0.381 e. The highest BCUT2D eigenvalue weighted by atomic mass is 19.4. The van der Waals surface area contributed by atoms with Crippen molar-refractivity contribution in [2.75, 3.05) is 13.2 Å². The molecule has 4 nitrogen and oxygen atoms in total. The first-order valence-corrected chi connectivity index (χ1v) is 8.22. The quantitative estimate of drug-likeness (QED) is 0.853. The first kappa shape index (κ1) is 15.6. The van der Waals surface area contributed by atoms with Crippen LogP contribution in [0, 0.1) is 5.92 Å². The van der Waals surface area contributed by atoms with Gasteiger partial charge in [-0.05, 0) is 43.4 Å². The maximum Gasteiger partial charge on any atom is 0.416 e. The Balaban J connectivity index is 1.70. The summed E-state index contributed by atoms with van der Waals surface area (Å²) in [5, 5.41) is 4.51. The zero-order valence-electron chi connectivity index (χ0n) is 13.1. The molecule has 2 heterocycles. The third-order valence-corrected chi connectivity index (χ3v) is 4.55. The molecular weight excluding hydrogens is 319 g/mol. The molecule has 0 amide bonds. The molecule has 4 rings (SSSR count). The van der Waals surface area contributed by atoms with Crippen LogP contribution in [-0.2, 0) is 17.3 Å². The summed E-state index contributed by atoms with van der Waals surface area (Å²) in [7, 11) is 0. The van der Waals surface area contributed by atoms with Gasteiger partial charge >= 0.3 is 6.18 Å². The van der Waals surface area contributed by atoms with Gasteiger partial charge in [-0.1, -0.05) is 6.07 Å². The molecule has 0 N–H and O–H groups in total. The van der Waals surface area contributed by atoms with Crippen molar-refractivity contribution < 1.29 is 17.9 Å². The fraction of sp³-hybridized carbons (Fsp3) is 0.529. The Labute approximate surface area is 137 Å². The molecule has 1 saturated heterocycles. The number of hydrogen-bond donors (Lipinski definition) is 0. The van der Waals surface area contributed by atoms with Crippen LogP contribution < -0.4 is 0 Å². The minimum absolute atomic E-state index is 0.353. The second kappa shape index (κ2) is 5.88. The van der Waals surface area contributed by atoms with Crippen molar-refractivity contribution in [2.45, 2.75) is 37.8 Å². The number of aromatic nitrogens is 3. The standard InChI is InChI=1S/C17H18F3N3O/c18-17(19,20)13-2-1-3-14(9-13)23-15(8-11-6-7-24-10-11)21-16(22-23)12-4-5-12/h1-3,9,11-12H,4-8,10H2. The van der Waals surface area contributed by atoms with Gasteiger partial charge in [0.2, 0.25) is 0 Å². The molecule has 24 heavy (non-hydrogen) atoms. The van der Waals surface area contributed by atoms with Gasteiger partial charge in [0.25, 0.3) is 0 Å². The highest BCUT2D eigenvalue weighted by molar-refractivity contribution is 5.37. The van der Waals surface area contributed by atoms with E-state index in [-0.39, 0.29) is 0 Å². The van der Waals surface area contributed by atoms with E-state index in [0.717, 1.165) is 49.7 Å². The maximum atomic E-state index is 13.0. The van der Waals surface area contributed by atoms with Crippen LogP contribution in [0.2, 0.25) is 0 Å². The van der Waals surface area contributed by atoms with Crippen molar-refractivity contribution in [3.05, 3.63) is 41.5 Å². The van der Waals surface area contributed by atoms with E-state index >= 15 is 0 Å². The minimum atomic E-state index is -4.37. The predicted molar refractivity (Wildman–Crippen MR) is 81.0 cm³/mol. The van der Waals surface area contributed by atoms with Gasteiger partial charge in [-0.3, -0.25) is 0 Å². The normalized spacial score (nSPS) is 21.4. The monoisotopic (exact) mass is 337 g/mol. The number of hydrogen-bond acceptors (Lipinski definition) is 3. The van der Waals surface area contributed by atoms with E-state index in [9.17, 15) is 13.2 Å². The highest BCUT2D eigenvalue weighted by Gasteiger charge is 2.32. The Morgan fingerprint density at radius 3 is 2.71 bits per heavy atom. The highest BCUT2D eigenvalue weighted by Crippen LogP contribution is 2.39. The molecule has 0 bridgehead atoms. The number of nitrogens with zero attached hydrogens (tertiary/aromatic N) is 3. The average molecular weight is 337 g/mol. The van der Waals surface area contributed by atoms with Crippen LogP contribution in [-0.4, -0.2) is 28.0 Å². The van der Waals surface area contributed by atoms with Crippen molar-refractivity contribution >= 4 is 0 Å². The lowest BCUT2D eigenvalue weighted by Gasteiger charge is -2.11. The van der Waals surface area contributed by atoms with Gasteiger partial charge in [-0.25, -0.2) is 9.67 Å². The van der Waals surface area contributed by atoms with Crippen LogP contribution in [0.15, 0.2) is 24.3 Å². The van der Waals surface area contributed by atoms with Crippen LogP contribution in [0.4, 0.5) is 13.2 Å². The Kier molecular flexibility index (Phi) is 3.83. The third kappa shape index (κ3) is 3.17. The van der Waals surface area contributed by atoms with E-state index < -0.39 is 11.7 Å². The summed E-state index contributed by atoms with van der Waals surface area (Å²) < 4.78 is 46.0. The van der Waals surface area contributed by atoms with Gasteiger partial charge in [0.1, 0.15) is 5.82 Å². The zero-order chi connectivity index (χ0) is 16.7. The van der Waals surface area contributed by atoms with Gasteiger partial charge in [0.05, 0.1) is 11.3 Å². The Hall–Kier alpha value is -1.89. The van der Waals surface area contributed by atoms with E-state index in [1.165, 1.54) is 6.07 Å². The van der Waals surface area contributed by atoms with Crippen molar-refractivity contribution in [1.82, 2.24) is 14.8 Å². The van der Waals surface area contributed by atoms with E-state index in [4.69, 9.17) is 4.74 Å². The lowest BCUT2D eigenvalue weighted by Crippen LogP contribution is -2.12. The van der Waals surface area contributed by atoms with Gasteiger partial charge < -0.3 is 4.74 Å². The molecule has 2 fully saturated rings. The van der Waals surface area contributed by atoms with Crippen molar-refractivity contribution in [2.24, 2.45) is 5.92 Å². The van der Waals surface area contributed by atoms with Crippen LogP contribution in [0.3, 0.4) is 0 Å². The van der Waals surface area contributed by atoms with Crippen molar-refractivity contribution in [3.8, 4) is 5.69 Å². The van der Waals surface area contributed by atoms with E-state index in [1.807, 2.05) is 0 Å². The fourth-order valence-electron chi connectivity index (χ4n) is 3.03. The average Bonchev–Trinajstić information content (AvgIpc) is 3.12. The second-order valence-electron chi connectivity index (χ2n) is 6.55. The van der Waals surface area contributed by atoms with Gasteiger partial charge in [-0.2, -0.15) is 18.3 Å². The molecule has 1 unspecified atom stereocenters. The third-order valence-electron chi connectivity index (χ3n) is 4.55. The minimum Gasteiger partial charge on any atom is -0.381 e. The zero-order valence-corrected chi connectivity index (χ0v) is 13.1. The second-order valence-corrected chi connectivity index (χ2v) is 6.55. The summed E-state index contributed by atoms with van der Waals surface area (Å²) in [6.07, 6.45) is -0.628. The summed E-state index contributed by atoms with van der Waals surface area (Å²) in [6.45, 7) is 1.41. The SMILES string of the molecule is FC(F)(F)c1cccc(-n2nc(C3CC3)nc2CC2CCOC2)c1. The molecule has 1 aliphatic heterocycles. The molecule has 1 aromatic carbocycles. The number of ether oxygens (including phenoxy) is 1. The Morgan fingerprint density at radius 1 is 1.21 bits per heavy atom. The van der Waals surface area contributed by atoms with E-state index in [1.54, 1.807) is 10.7 Å². The Bertz CT molecular complexity index is 731. The molecular formula is C17H18F3N3O. The number of benzene rings is 1. The summed E-state index contributed by atoms with van der Waals surface area (Å²) in [6, 6.07) is 5.28. The molecule has 2 aliphatic rings.